The second-order valence-corrected chi connectivity index (χ2v) is 3.40. The van der Waals surface area contributed by atoms with Crippen LogP contribution in [0.25, 0.3) is 0 Å². The van der Waals surface area contributed by atoms with Gasteiger partial charge in [0.2, 0.25) is 0 Å². The molecular weight excluding hydrogens is 228 g/mol. The molecule has 0 aliphatic heterocycles. The first-order valence-electron chi connectivity index (χ1n) is 4.86. The molecule has 0 unspecified atom stereocenters. The third-order valence-corrected chi connectivity index (χ3v) is 1.88. The van der Waals surface area contributed by atoms with E-state index in [1.54, 1.807) is 18.2 Å². The summed E-state index contributed by atoms with van der Waals surface area (Å²) in [6.45, 7) is 0. The van der Waals surface area contributed by atoms with Crippen molar-refractivity contribution in [2.75, 3.05) is 0 Å². The lowest BCUT2D eigenvalue weighted by molar-refractivity contribution is -0.314. The molecule has 0 saturated heterocycles. The lowest BCUT2D eigenvalue weighted by atomic mass is 10.2. The fraction of sp³-hybridized carbons (Fsp3) is 0.273. The van der Waals surface area contributed by atoms with Crippen molar-refractivity contribution in [1.29, 1.82) is 0 Å². The van der Waals surface area contributed by atoms with Crippen LogP contribution in [-0.4, -0.2) is 33.2 Å². The van der Waals surface area contributed by atoms with Crippen molar-refractivity contribution in [2.45, 2.75) is 18.8 Å². The number of hydrogen-bond acceptors (Lipinski definition) is 6. The van der Waals surface area contributed by atoms with E-state index in [-0.39, 0.29) is 5.56 Å². The fourth-order valence-electron chi connectivity index (χ4n) is 1.06. The Morgan fingerprint density at radius 3 is 2.24 bits per heavy atom. The molecule has 17 heavy (non-hydrogen) atoms. The van der Waals surface area contributed by atoms with Crippen LogP contribution in [0.15, 0.2) is 30.3 Å². The van der Waals surface area contributed by atoms with Gasteiger partial charge in [-0.05, 0) is 12.1 Å². The van der Waals surface area contributed by atoms with E-state index in [1.165, 1.54) is 12.1 Å². The molecule has 1 aromatic rings. The lowest BCUT2D eigenvalue weighted by Crippen LogP contribution is -2.28. The molecule has 0 spiro atoms. The van der Waals surface area contributed by atoms with Crippen molar-refractivity contribution in [1.82, 2.24) is 0 Å². The van der Waals surface area contributed by atoms with Crippen LogP contribution in [0.3, 0.4) is 0 Å². The van der Waals surface area contributed by atoms with E-state index in [0.29, 0.717) is 0 Å². The highest BCUT2D eigenvalue weighted by Gasteiger charge is 2.21. The van der Waals surface area contributed by atoms with Crippen molar-refractivity contribution < 1.29 is 29.6 Å². The molecule has 0 aromatic heterocycles. The number of ether oxygens (including phenoxy) is 1. The van der Waals surface area contributed by atoms with Gasteiger partial charge in [0.1, 0.15) is 0 Å². The standard InChI is InChI=1S/C11H12O6/c12-9(6-7-11(14,15)16)17-10(13)8-4-2-1-3-5-8/h1-5,14-16H,6-7H2. The molecule has 1 aromatic carbocycles. The number of benzene rings is 1. The number of carbonyl (C=O) groups excluding carboxylic acids is 2. The molecule has 0 aliphatic carbocycles. The van der Waals surface area contributed by atoms with Crippen LogP contribution in [0.4, 0.5) is 0 Å². The maximum atomic E-state index is 11.3. The predicted molar refractivity (Wildman–Crippen MR) is 55.5 cm³/mol. The number of esters is 2. The van der Waals surface area contributed by atoms with E-state index in [1.807, 2.05) is 0 Å². The molecule has 0 bridgehead atoms. The van der Waals surface area contributed by atoms with Gasteiger partial charge in [0.25, 0.3) is 5.97 Å². The largest absolute Gasteiger partial charge is 0.389 e. The van der Waals surface area contributed by atoms with Crippen molar-refractivity contribution in [3.63, 3.8) is 0 Å². The van der Waals surface area contributed by atoms with Crippen LogP contribution in [0.5, 0.6) is 0 Å². The van der Waals surface area contributed by atoms with Gasteiger partial charge < -0.3 is 20.1 Å². The Kier molecular flexibility index (Phi) is 4.33. The number of aliphatic hydroxyl groups is 3. The average molecular weight is 240 g/mol. The Hall–Kier alpha value is -1.76. The zero-order valence-electron chi connectivity index (χ0n) is 8.87. The van der Waals surface area contributed by atoms with Crippen LogP contribution in [-0.2, 0) is 9.53 Å². The topological polar surface area (TPSA) is 104 Å². The molecule has 6 heteroatoms. The van der Waals surface area contributed by atoms with E-state index in [2.05, 4.69) is 4.74 Å². The minimum Gasteiger partial charge on any atom is -0.389 e. The van der Waals surface area contributed by atoms with E-state index < -0.39 is 30.8 Å². The first kappa shape index (κ1) is 13.3. The Labute approximate surface area is 97.1 Å². The van der Waals surface area contributed by atoms with Crippen LogP contribution >= 0.6 is 0 Å². The van der Waals surface area contributed by atoms with Gasteiger partial charge >= 0.3 is 11.9 Å². The molecule has 3 N–H and O–H groups in total. The van der Waals surface area contributed by atoms with Crippen molar-refractivity contribution >= 4 is 11.9 Å². The van der Waals surface area contributed by atoms with E-state index in [9.17, 15) is 9.59 Å². The highest BCUT2D eigenvalue weighted by molar-refractivity contribution is 5.96. The van der Waals surface area contributed by atoms with Gasteiger partial charge in [-0.1, -0.05) is 18.2 Å². The second-order valence-electron chi connectivity index (χ2n) is 3.40. The van der Waals surface area contributed by atoms with Crippen molar-refractivity contribution in [2.24, 2.45) is 0 Å². The molecule has 0 atom stereocenters. The Balaban J connectivity index is 2.45. The molecule has 0 saturated carbocycles. The SMILES string of the molecule is O=C(CCC(O)(O)O)OC(=O)c1ccccc1. The van der Waals surface area contributed by atoms with Crippen molar-refractivity contribution in [3.05, 3.63) is 35.9 Å². The molecule has 0 radical (unpaired) electrons. The molecule has 92 valence electrons. The number of rotatable bonds is 4. The summed E-state index contributed by atoms with van der Waals surface area (Å²) in [7, 11) is 0. The molecular formula is C11H12O6. The maximum absolute atomic E-state index is 11.3. The first-order chi connectivity index (χ1) is 7.88. The Morgan fingerprint density at radius 1 is 1.12 bits per heavy atom. The van der Waals surface area contributed by atoms with Gasteiger partial charge in [-0.3, -0.25) is 4.79 Å². The van der Waals surface area contributed by atoms with Gasteiger partial charge in [0.15, 0.2) is 0 Å². The third-order valence-electron chi connectivity index (χ3n) is 1.88. The zero-order chi connectivity index (χ0) is 12.9. The molecule has 0 amide bonds. The summed E-state index contributed by atoms with van der Waals surface area (Å²) in [6, 6.07) is 7.88. The summed E-state index contributed by atoms with van der Waals surface area (Å²) in [4.78, 5) is 22.4. The summed E-state index contributed by atoms with van der Waals surface area (Å²) in [6.07, 6.45) is -1.12. The average Bonchev–Trinajstić information content (AvgIpc) is 2.27. The summed E-state index contributed by atoms with van der Waals surface area (Å²) in [5.41, 5.74) is 0.212. The fourth-order valence-corrected chi connectivity index (χ4v) is 1.06. The quantitative estimate of drug-likeness (QED) is 0.382. The van der Waals surface area contributed by atoms with Crippen LogP contribution in [0.2, 0.25) is 0 Å². The lowest BCUT2D eigenvalue weighted by Gasteiger charge is -2.12. The zero-order valence-corrected chi connectivity index (χ0v) is 8.87. The maximum Gasteiger partial charge on any atom is 0.345 e. The number of hydrogen-bond donors (Lipinski definition) is 3. The molecule has 6 nitrogen and oxygen atoms in total. The second kappa shape index (κ2) is 5.53. The highest BCUT2D eigenvalue weighted by Crippen LogP contribution is 2.07. The molecule has 1 rings (SSSR count). The normalized spacial score (nSPS) is 11.0. The highest BCUT2D eigenvalue weighted by atomic mass is 16.7. The van der Waals surface area contributed by atoms with Gasteiger partial charge in [-0.2, -0.15) is 0 Å². The third kappa shape index (κ3) is 5.21. The Bertz CT molecular complexity index is 392. The molecule has 0 aliphatic rings. The number of carbonyl (C=O) groups is 2. The van der Waals surface area contributed by atoms with Gasteiger partial charge in [-0.15, -0.1) is 0 Å². The summed E-state index contributed by atoms with van der Waals surface area (Å²) in [5.74, 6) is -4.70. The van der Waals surface area contributed by atoms with Crippen molar-refractivity contribution in [3.8, 4) is 0 Å². The van der Waals surface area contributed by atoms with Crippen LogP contribution in [0.1, 0.15) is 23.2 Å². The smallest absolute Gasteiger partial charge is 0.345 e. The van der Waals surface area contributed by atoms with Crippen LogP contribution < -0.4 is 0 Å². The molecule has 0 heterocycles. The molecule has 0 fully saturated rings. The summed E-state index contributed by atoms with van der Waals surface area (Å²) < 4.78 is 4.42. The van der Waals surface area contributed by atoms with E-state index >= 15 is 0 Å². The Morgan fingerprint density at radius 2 is 1.71 bits per heavy atom. The first-order valence-corrected chi connectivity index (χ1v) is 4.86. The van der Waals surface area contributed by atoms with E-state index in [4.69, 9.17) is 15.3 Å². The minimum absolute atomic E-state index is 0.212. The van der Waals surface area contributed by atoms with E-state index in [0.717, 1.165) is 0 Å². The predicted octanol–water partition coefficient (Wildman–Crippen LogP) is -0.219. The van der Waals surface area contributed by atoms with Gasteiger partial charge in [-0.25, -0.2) is 4.79 Å². The summed E-state index contributed by atoms with van der Waals surface area (Å²) >= 11 is 0. The van der Waals surface area contributed by atoms with Crippen LogP contribution in [0, 0.1) is 0 Å². The summed E-state index contributed by atoms with van der Waals surface area (Å²) in [5, 5.41) is 25.6. The monoisotopic (exact) mass is 240 g/mol. The van der Waals surface area contributed by atoms with Gasteiger partial charge in [0, 0.05) is 6.42 Å². The van der Waals surface area contributed by atoms with Gasteiger partial charge in [0.05, 0.1) is 12.0 Å². The minimum atomic E-state index is -2.94.